The van der Waals surface area contributed by atoms with Gasteiger partial charge in [-0.3, -0.25) is 10.1 Å². The van der Waals surface area contributed by atoms with E-state index in [1.165, 1.54) is 18.2 Å². The van der Waals surface area contributed by atoms with Gasteiger partial charge >= 0.3 is 5.97 Å². The van der Waals surface area contributed by atoms with Crippen molar-refractivity contribution in [2.75, 3.05) is 0 Å². The average molecular weight is 327 g/mol. The summed E-state index contributed by atoms with van der Waals surface area (Å²) in [5, 5.41) is 21.6. The van der Waals surface area contributed by atoms with Crippen molar-refractivity contribution in [3.05, 3.63) is 57.0 Å². The summed E-state index contributed by atoms with van der Waals surface area (Å²) in [5.74, 6) is -2.13. The molecule has 1 aromatic heterocycles. The number of rotatable bonds is 5. The third-order valence-corrected chi connectivity index (χ3v) is 5.84. The topological polar surface area (TPSA) is 115 Å². The highest BCUT2D eigenvalue weighted by Gasteiger charge is 2.27. The molecule has 2 rings (SSSR count). The van der Waals surface area contributed by atoms with Gasteiger partial charge in [-0.1, -0.05) is 18.2 Å². The molecule has 0 aliphatic heterocycles. The monoisotopic (exact) mass is 327 g/mol. The highest BCUT2D eigenvalue weighted by atomic mass is 32.2. The Morgan fingerprint density at radius 1 is 1.29 bits per heavy atom. The van der Waals surface area contributed by atoms with Crippen LogP contribution in [0.25, 0.3) is 0 Å². The summed E-state index contributed by atoms with van der Waals surface area (Å²) < 4.78 is 24.4. The van der Waals surface area contributed by atoms with Crippen molar-refractivity contribution in [3.8, 4) is 0 Å². The zero-order chi connectivity index (χ0) is 15.6. The van der Waals surface area contributed by atoms with Gasteiger partial charge < -0.3 is 5.11 Å². The number of nitro benzene ring substituents is 1. The van der Waals surface area contributed by atoms with Crippen LogP contribution in [-0.4, -0.2) is 24.4 Å². The molecule has 0 saturated heterocycles. The Hall–Kier alpha value is -2.26. The average Bonchev–Trinajstić information content (AvgIpc) is 2.92. The minimum absolute atomic E-state index is 0.0883. The van der Waals surface area contributed by atoms with E-state index < -0.39 is 37.7 Å². The molecule has 1 N–H and O–H groups in total. The molecule has 0 fully saturated rings. The van der Waals surface area contributed by atoms with Crippen LogP contribution in [0.2, 0.25) is 0 Å². The quantitative estimate of drug-likeness (QED) is 0.665. The van der Waals surface area contributed by atoms with Crippen LogP contribution in [0, 0.1) is 10.1 Å². The van der Waals surface area contributed by atoms with E-state index >= 15 is 0 Å². The SMILES string of the molecule is O=C(O)c1c(CS(=O)(=O)c2cccs2)cccc1[N+](=O)[O-]. The maximum absolute atomic E-state index is 12.2. The van der Waals surface area contributed by atoms with Crippen molar-refractivity contribution < 1.29 is 23.2 Å². The molecule has 0 atom stereocenters. The zero-order valence-electron chi connectivity index (χ0n) is 10.4. The van der Waals surface area contributed by atoms with Gasteiger partial charge in [-0.15, -0.1) is 11.3 Å². The highest BCUT2D eigenvalue weighted by molar-refractivity contribution is 7.92. The maximum atomic E-state index is 12.2. The largest absolute Gasteiger partial charge is 0.477 e. The van der Waals surface area contributed by atoms with Gasteiger partial charge in [0.2, 0.25) is 0 Å². The van der Waals surface area contributed by atoms with Crippen LogP contribution in [-0.2, 0) is 15.6 Å². The smallest absolute Gasteiger partial charge is 0.343 e. The molecular formula is C12H9NO6S2. The predicted octanol–water partition coefficient (Wildman–Crippen LogP) is 2.33. The molecule has 7 nitrogen and oxygen atoms in total. The molecule has 0 bridgehead atoms. The first kappa shape index (κ1) is 15.1. The fourth-order valence-electron chi connectivity index (χ4n) is 1.82. The van der Waals surface area contributed by atoms with E-state index in [9.17, 15) is 23.3 Å². The van der Waals surface area contributed by atoms with Crippen LogP contribution < -0.4 is 0 Å². The number of carboxylic acid groups (broad SMARTS) is 1. The Balaban J connectivity index is 2.53. The summed E-state index contributed by atoms with van der Waals surface area (Å²) in [6, 6.07) is 6.52. The van der Waals surface area contributed by atoms with Crippen molar-refractivity contribution in [1.82, 2.24) is 0 Å². The molecule has 0 saturated carbocycles. The highest BCUT2D eigenvalue weighted by Crippen LogP contribution is 2.27. The van der Waals surface area contributed by atoms with Crippen LogP contribution in [0.3, 0.4) is 0 Å². The first-order valence-electron chi connectivity index (χ1n) is 5.59. The van der Waals surface area contributed by atoms with Crippen LogP contribution in [0.5, 0.6) is 0 Å². The number of nitrogens with zero attached hydrogens (tertiary/aromatic N) is 1. The second kappa shape index (κ2) is 5.62. The Morgan fingerprint density at radius 3 is 2.52 bits per heavy atom. The van der Waals surface area contributed by atoms with Crippen molar-refractivity contribution in [2.24, 2.45) is 0 Å². The fraction of sp³-hybridized carbons (Fsp3) is 0.0833. The second-order valence-electron chi connectivity index (χ2n) is 4.06. The van der Waals surface area contributed by atoms with Crippen molar-refractivity contribution in [2.45, 2.75) is 9.96 Å². The molecule has 0 spiro atoms. The number of carboxylic acids is 1. The second-order valence-corrected chi connectivity index (χ2v) is 7.23. The van der Waals surface area contributed by atoms with E-state index in [2.05, 4.69) is 0 Å². The molecule has 110 valence electrons. The third kappa shape index (κ3) is 3.09. The number of sulfone groups is 1. The lowest BCUT2D eigenvalue weighted by Crippen LogP contribution is -2.11. The van der Waals surface area contributed by atoms with E-state index in [0.717, 1.165) is 17.4 Å². The number of nitro groups is 1. The van der Waals surface area contributed by atoms with E-state index in [-0.39, 0.29) is 9.77 Å². The molecule has 9 heteroatoms. The van der Waals surface area contributed by atoms with Gasteiger partial charge in [0.25, 0.3) is 5.69 Å². The zero-order valence-corrected chi connectivity index (χ0v) is 12.1. The first-order chi connectivity index (χ1) is 9.83. The summed E-state index contributed by atoms with van der Waals surface area (Å²) in [4.78, 5) is 21.2. The molecule has 21 heavy (non-hydrogen) atoms. The van der Waals surface area contributed by atoms with Gasteiger partial charge in [-0.05, 0) is 17.0 Å². The maximum Gasteiger partial charge on any atom is 0.343 e. The number of hydrogen-bond donors (Lipinski definition) is 1. The van der Waals surface area contributed by atoms with Gasteiger partial charge in [-0.25, -0.2) is 13.2 Å². The lowest BCUT2D eigenvalue weighted by molar-refractivity contribution is -0.385. The number of benzene rings is 1. The van der Waals surface area contributed by atoms with E-state index in [4.69, 9.17) is 5.11 Å². The molecule has 1 aromatic carbocycles. The standard InChI is InChI=1S/C12H9NO6S2/c14-12(15)11-8(3-1-4-9(11)13(16)17)7-21(18,19)10-5-2-6-20-10/h1-6H,7H2,(H,14,15). The van der Waals surface area contributed by atoms with Gasteiger partial charge in [-0.2, -0.15) is 0 Å². The van der Waals surface area contributed by atoms with Gasteiger partial charge in [0.15, 0.2) is 9.84 Å². The van der Waals surface area contributed by atoms with Crippen molar-refractivity contribution in [1.29, 1.82) is 0 Å². The summed E-state index contributed by atoms with van der Waals surface area (Å²) in [5.41, 5.74) is -1.32. The van der Waals surface area contributed by atoms with E-state index in [0.29, 0.717) is 0 Å². The van der Waals surface area contributed by atoms with Crippen molar-refractivity contribution in [3.63, 3.8) is 0 Å². The Morgan fingerprint density at radius 2 is 2.00 bits per heavy atom. The Bertz CT molecular complexity index is 795. The minimum atomic E-state index is -3.74. The molecule has 0 aliphatic rings. The molecule has 1 heterocycles. The van der Waals surface area contributed by atoms with E-state index in [1.807, 2.05) is 0 Å². The summed E-state index contributed by atoms with van der Waals surface area (Å²) in [6.45, 7) is 0. The van der Waals surface area contributed by atoms with Gasteiger partial charge in [0, 0.05) is 6.07 Å². The lowest BCUT2D eigenvalue weighted by Gasteiger charge is -2.06. The lowest BCUT2D eigenvalue weighted by atomic mass is 10.1. The number of aromatic carboxylic acids is 1. The molecule has 0 aliphatic carbocycles. The van der Waals surface area contributed by atoms with Crippen LogP contribution >= 0.6 is 11.3 Å². The summed E-state index contributed by atoms with van der Waals surface area (Å²) in [7, 11) is -3.74. The molecule has 0 radical (unpaired) electrons. The Labute approximate surface area is 123 Å². The van der Waals surface area contributed by atoms with Gasteiger partial charge in [0.05, 0.1) is 10.7 Å². The third-order valence-electron chi connectivity index (χ3n) is 2.69. The number of thiophene rings is 1. The minimum Gasteiger partial charge on any atom is -0.477 e. The molecular weight excluding hydrogens is 318 g/mol. The van der Waals surface area contributed by atoms with E-state index in [1.54, 1.807) is 11.4 Å². The molecule has 0 amide bonds. The fourth-order valence-corrected chi connectivity index (χ4v) is 4.28. The number of carbonyl (C=O) groups is 1. The van der Waals surface area contributed by atoms with Crippen LogP contribution in [0.4, 0.5) is 5.69 Å². The van der Waals surface area contributed by atoms with Crippen LogP contribution in [0.15, 0.2) is 39.9 Å². The Kier molecular flexibility index (Phi) is 4.05. The normalized spacial score (nSPS) is 11.2. The van der Waals surface area contributed by atoms with Gasteiger partial charge in [0.1, 0.15) is 9.77 Å². The first-order valence-corrected chi connectivity index (χ1v) is 8.12. The molecule has 2 aromatic rings. The molecule has 0 unspecified atom stereocenters. The van der Waals surface area contributed by atoms with Crippen LogP contribution in [0.1, 0.15) is 15.9 Å². The predicted molar refractivity (Wildman–Crippen MR) is 75.3 cm³/mol. The summed E-state index contributed by atoms with van der Waals surface area (Å²) >= 11 is 1.00. The summed E-state index contributed by atoms with van der Waals surface area (Å²) in [6.07, 6.45) is 0. The van der Waals surface area contributed by atoms with Crippen molar-refractivity contribution >= 4 is 32.8 Å². The number of hydrogen-bond acceptors (Lipinski definition) is 6.